The number of hydrogen-bond acceptors (Lipinski definition) is 4. The standard InChI is InChI=1S/C11H17N3O2/c1-2-9-10(13-7-16-9)11(15)14-8-3-5-12-6-4-8/h7-8,12H,2-6H2,1H3,(H,14,15). The van der Waals surface area contributed by atoms with Gasteiger partial charge in [0.2, 0.25) is 0 Å². The number of oxazole rings is 1. The average molecular weight is 223 g/mol. The summed E-state index contributed by atoms with van der Waals surface area (Å²) >= 11 is 0. The molecule has 0 aliphatic carbocycles. The summed E-state index contributed by atoms with van der Waals surface area (Å²) in [7, 11) is 0. The summed E-state index contributed by atoms with van der Waals surface area (Å²) in [4.78, 5) is 15.9. The lowest BCUT2D eigenvalue weighted by atomic mass is 10.1. The van der Waals surface area contributed by atoms with Crippen LogP contribution in [0.1, 0.15) is 36.0 Å². The number of rotatable bonds is 3. The molecule has 1 aromatic rings. The Morgan fingerprint density at radius 3 is 3.06 bits per heavy atom. The largest absolute Gasteiger partial charge is 0.448 e. The van der Waals surface area contributed by atoms with Crippen molar-refractivity contribution < 1.29 is 9.21 Å². The summed E-state index contributed by atoms with van der Waals surface area (Å²) in [6, 6.07) is 0.259. The Labute approximate surface area is 94.6 Å². The van der Waals surface area contributed by atoms with E-state index in [9.17, 15) is 4.79 Å². The first-order valence-electron chi connectivity index (χ1n) is 5.75. The van der Waals surface area contributed by atoms with Gasteiger partial charge in [0.1, 0.15) is 5.76 Å². The van der Waals surface area contributed by atoms with Gasteiger partial charge in [0.05, 0.1) is 0 Å². The Hall–Kier alpha value is -1.36. The van der Waals surface area contributed by atoms with Crippen LogP contribution < -0.4 is 10.6 Å². The highest BCUT2D eigenvalue weighted by Gasteiger charge is 2.20. The maximum absolute atomic E-state index is 11.9. The van der Waals surface area contributed by atoms with Crippen LogP contribution in [0.3, 0.4) is 0 Å². The van der Waals surface area contributed by atoms with E-state index >= 15 is 0 Å². The molecule has 2 N–H and O–H groups in total. The fourth-order valence-corrected chi connectivity index (χ4v) is 1.93. The third-order valence-electron chi connectivity index (χ3n) is 2.85. The first-order chi connectivity index (χ1) is 7.81. The van der Waals surface area contributed by atoms with E-state index in [2.05, 4.69) is 15.6 Å². The van der Waals surface area contributed by atoms with Gasteiger partial charge in [-0.1, -0.05) is 6.92 Å². The van der Waals surface area contributed by atoms with Crippen LogP contribution >= 0.6 is 0 Å². The molecule has 1 aromatic heterocycles. The van der Waals surface area contributed by atoms with Gasteiger partial charge in [-0.05, 0) is 25.9 Å². The maximum atomic E-state index is 11.9. The van der Waals surface area contributed by atoms with Crippen molar-refractivity contribution in [2.24, 2.45) is 0 Å². The molecule has 1 saturated heterocycles. The summed E-state index contributed by atoms with van der Waals surface area (Å²) in [6.45, 7) is 3.87. The van der Waals surface area contributed by atoms with Gasteiger partial charge in [-0.15, -0.1) is 0 Å². The van der Waals surface area contributed by atoms with Crippen molar-refractivity contribution in [1.82, 2.24) is 15.6 Å². The van der Waals surface area contributed by atoms with Gasteiger partial charge in [-0.3, -0.25) is 4.79 Å². The van der Waals surface area contributed by atoms with Crippen LogP contribution in [0.15, 0.2) is 10.8 Å². The molecule has 1 amide bonds. The second-order valence-electron chi connectivity index (χ2n) is 3.98. The van der Waals surface area contributed by atoms with Crippen LogP contribution in [0.25, 0.3) is 0 Å². The van der Waals surface area contributed by atoms with Crippen LogP contribution in [0.2, 0.25) is 0 Å². The van der Waals surface area contributed by atoms with Crippen LogP contribution in [-0.2, 0) is 6.42 Å². The maximum Gasteiger partial charge on any atom is 0.273 e. The molecule has 0 aromatic carbocycles. The third-order valence-corrected chi connectivity index (χ3v) is 2.85. The molecule has 1 aliphatic rings. The van der Waals surface area contributed by atoms with Crippen molar-refractivity contribution in [2.45, 2.75) is 32.2 Å². The van der Waals surface area contributed by atoms with E-state index in [1.807, 2.05) is 6.92 Å². The van der Waals surface area contributed by atoms with Crippen LogP contribution in [0.4, 0.5) is 0 Å². The quantitative estimate of drug-likeness (QED) is 0.792. The summed E-state index contributed by atoms with van der Waals surface area (Å²) < 4.78 is 5.14. The summed E-state index contributed by atoms with van der Waals surface area (Å²) in [5.74, 6) is 0.545. The highest BCUT2D eigenvalue weighted by atomic mass is 16.3. The molecule has 0 radical (unpaired) electrons. The minimum Gasteiger partial charge on any atom is -0.448 e. The van der Waals surface area contributed by atoms with Gasteiger partial charge in [0.25, 0.3) is 5.91 Å². The average Bonchev–Trinajstić information content (AvgIpc) is 2.78. The van der Waals surface area contributed by atoms with Gasteiger partial charge in [0, 0.05) is 12.5 Å². The van der Waals surface area contributed by atoms with Gasteiger partial charge in [0.15, 0.2) is 12.1 Å². The van der Waals surface area contributed by atoms with Gasteiger partial charge >= 0.3 is 0 Å². The van der Waals surface area contributed by atoms with Crippen molar-refractivity contribution in [3.63, 3.8) is 0 Å². The molecular weight excluding hydrogens is 206 g/mol. The Kier molecular flexibility index (Phi) is 3.56. The predicted octanol–water partition coefficient (Wildman–Crippen LogP) is 0.719. The summed E-state index contributed by atoms with van der Waals surface area (Å²) in [5, 5.41) is 6.25. The number of amides is 1. The van der Waals surface area contributed by atoms with Crippen molar-refractivity contribution in [3.05, 3.63) is 17.8 Å². The van der Waals surface area contributed by atoms with Crippen molar-refractivity contribution >= 4 is 5.91 Å². The minimum atomic E-state index is -0.113. The topological polar surface area (TPSA) is 67.2 Å². The van der Waals surface area contributed by atoms with Gasteiger partial charge in [-0.25, -0.2) is 4.98 Å². The normalized spacial score (nSPS) is 17.3. The number of aromatic nitrogens is 1. The molecule has 0 saturated carbocycles. The van der Waals surface area contributed by atoms with Gasteiger partial charge < -0.3 is 15.1 Å². The third kappa shape index (κ3) is 2.41. The van der Waals surface area contributed by atoms with Crippen molar-refractivity contribution in [1.29, 1.82) is 0 Å². The summed E-state index contributed by atoms with van der Waals surface area (Å²) in [5.41, 5.74) is 0.432. The van der Waals surface area contributed by atoms with E-state index in [4.69, 9.17) is 4.42 Å². The lowest BCUT2D eigenvalue weighted by molar-refractivity contribution is 0.0923. The Morgan fingerprint density at radius 2 is 2.38 bits per heavy atom. The molecule has 5 nitrogen and oxygen atoms in total. The van der Waals surface area contributed by atoms with E-state index in [1.165, 1.54) is 6.39 Å². The fraction of sp³-hybridized carbons (Fsp3) is 0.636. The SMILES string of the molecule is CCc1ocnc1C(=O)NC1CCNCC1. The van der Waals surface area contributed by atoms with E-state index in [0.29, 0.717) is 17.9 Å². The molecule has 16 heavy (non-hydrogen) atoms. The number of nitrogens with one attached hydrogen (secondary N) is 2. The molecule has 0 atom stereocenters. The van der Waals surface area contributed by atoms with Gasteiger partial charge in [-0.2, -0.15) is 0 Å². The zero-order valence-electron chi connectivity index (χ0n) is 9.45. The van der Waals surface area contributed by atoms with Crippen LogP contribution in [0.5, 0.6) is 0 Å². The molecule has 2 rings (SSSR count). The predicted molar refractivity (Wildman–Crippen MR) is 59.2 cm³/mol. The van der Waals surface area contributed by atoms with E-state index < -0.39 is 0 Å². The zero-order chi connectivity index (χ0) is 11.4. The second kappa shape index (κ2) is 5.12. The molecule has 0 unspecified atom stereocenters. The minimum absolute atomic E-state index is 0.113. The van der Waals surface area contributed by atoms with Crippen LogP contribution in [-0.4, -0.2) is 30.0 Å². The number of aryl methyl sites for hydroxylation is 1. The van der Waals surface area contributed by atoms with E-state index in [-0.39, 0.29) is 11.9 Å². The molecule has 2 heterocycles. The van der Waals surface area contributed by atoms with E-state index in [0.717, 1.165) is 25.9 Å². The monoisotopic (exact) mass is 223 g/mol. The number of piperidine rings is 1. The Bertz CT molecular complexity index is 356. The molecule has 5 heteroatoms. The number of carbonyl (C=O) groups excluding carboxylic acids is 1. The molecule has 1 aliphatic heterocycles. The molecule has 88 valence electrons. The number of carbonyl (C=O) groups is 1. The lowest BCUT2D eigenvalue weighted by Crippen LogP contribution is -2.43. The first-order valence-corrected chi connectivity index (χ1v) is 5.75. The Morgan fingerprint density at radius 1 is 1.62 bits per heavy atom. The van der Waals surface area contributed by atoms with Crippen molar-refractivity contribution in [3.8, 4) is 0 Å². The fourth-order valence-electron chi connectivity index (χ4n) is 1.93. The number of hydrogen-bond donors (Lipinski definition) is 2. The highest BCUT2D eigenvalue weighted by Crippen LogP contribution is 2.09. The Balaban J connectivity index is 1.96. The second-order valence-corrected chi connectivity index (χ2v) is 3.98. The highest BCUT2D eigenvalue weighted by molar-refractivity contribution is 5.93. The smallest absolute Gasteiger partial charge is 0.273 e. The molecule has 0 bridgehead atoms. The zero-order valence-corrected chi connectivity index (χ0v) is 9.45. The lowest BCUT2D eigenvalue weighted by Gasteiger charge is -2.23. The van der Waals surface area contributed by atoms with Crippen molar-refractivity contribution in [2.75, 3.05) is 13.1 Å². The molecular formula is C11H17N3O2. The van der Waals surface area contributed by atoms with E-state index in [1.54, 1.807) is 0 Å². The number of nitrogens with zero attached hydrogens (tertiary/aromatic N) is 1. The van der Waals surface area contributed by atoms with Crippen LogP contribution in [0, 0.1) is 0 Å². The molecule has 1 fully saturated rings. The molecule has 0 spiro atoms. The first kappa shape index (κ1) is 11.1. The summed E-state index contributed by atoms with van der Waals surface area (Å²) in [6.07, 6.45) is 3.97.